The number of alkyl halides is 2. The molecule has 0 spiro atoms. The molecule has 0 fully saturated rings. The first-order valence-electron chi connectivity index (χ1n) is 5.84. The van der Waals surface area contributed by atoms with Crippen molar-refractivity contribution in [2.24, 2.45) is 0 Å². The average Bonchev–Trinajstić information content (AvgIpc) is 2.85. The Labute approximate surface area is 114 Å². The fourth-order valence-electron chi connectivity index (χ4n) is 1.66. The minimum atomic E-state index is -2.83. The number of nitrogens with one attached hydrogen (secondary N) is 1. The van der Waals surface area contributed by atoms with Gasteiger partial charge in [-0.15, -0.1) is 11.3 Å². The Morgan fingerprint density at radius 3 is 2.89 bits per heavy atom. The summed E-state index contributed by atoms with van der Waals surface area (Å²) in [4.78, 5) is 4.44. The lowest BCUT2D eigenvalue weighted by Crippen LogP contribution is -2.10. The van der Waals surface area contributed by atoms with E-state index in [9.17, 15) is 8.78 Å². The monoisotopic (exact) mass is 284 g/mol. The number of halogens is 2. The van der Waals surface area contributed by atoms with Gasteiger partial charge in [0, 0.05) is 23.9 Å². The van der Waals surface area contributed by atoms with Crippen molar-refractivity contribution in [1.82, 2.24) is 10.3 Å². The minimum Gasteiger partial charge on any atom is -0.434 e. The van der Waals surface area contributed by atoms with Crippen molar-refractivity contribution < 1.29 is 13.5 Å². The maximum atomic E-state index is 12.3. The summed E-state index contributed by atoms with van der Waals surface area (Å²) in [7, 11) is 1.88. The second kappa shape index (κ2) is 6.58. The molecule has 0 saturated carbocycles. The zero-order valence-corrected chi connectivity index (χ0v) is 11.2. The van der Waals surface area contributed by atoms with Gasteiger partial charge in [-0.25, -0.2) is 4.98 Å². The molecule has 2 rings (SSSR count). The van der Waals surface area contributed by atoms with E-state index in [1.807, 2.05) is 12.4 Å². The van der Waals surface area contributed by atoms with Crippen molar-refractivity contribution >= 4 is 11.3 Å². The van der Waals surface area contributed by atoms with Crippen LogP contribution in [0.3, 0.4) is 0 Å². The second-order valence-electron chi connectivity index (χ2n) is 3.85. The van der Waals surface area contributed by atoms with Gasteiger partial charge in [0.2, 0.25) is 0 Å². The van der Waals surface area contributed by atoms with Crippen LogP contribution in [0.4, 0.5) is 8.78 Å². The van der Waals surface area contributed by atoms with Crippen LogP contribution in [-0.4, -0.2) is 25.2 Å². The molecule has 3 nitrogen and oxygen atoms in total. The predicted molar refractivity (Wildman–Crippen MR) is 71.8 cm³/mol. The molecule has 0 saturated heterocycles. The van der Waals surface area contributed by atoms with Crippen molar-refractivity contribution in [1.29, 1.82) is 0 Å². The van der Waals surface area contributed by atoms with Gasteiger partial charge in [-0.05, 0) is 19.2 Å². The van der Waals surface area contributed by atoms with Crippen molar-refractivity contribution in [2.45, 2.75) is 13.0 Å². The highest BCUT2D eigenvalue weighted by Gasteiger charge is 2.13. The Morgan fingerprint density at radius 2 is 2.16 bits per heavy atom. The molecule has 0 aliphatic rings. The highest BCUT2D eigenvalue weighted by Crippen LogP contribution is 2.31. The summed E-state index contributed by atoms with van der Waals surface area (Å²) in [5.41, 5.74) is 1.27. The fraction of sp³-hybridized carbons (Fsp3) is 0.308. The molecular formula is C13H14F2N2OS. The number of likely N-dealkylation sites (N-methyl/N-ethyl adjacent to an activating group) is 1. The quantitative estimate of drug-likeness (QED) is 0.884. The van der Waals surface area contributed by atoms with Gasteiger partial charge in [-0.2, -0.15) is 8.78 Å². The van der Waals surface area contributed by atoms with E-state index >= 15 is 0 Å². The molecule has 0 radical (unpaired) electrons. The van der Waals surface area contributed by atoms with Gasteiger partial charge in [0.1, 0.15) is 5.75 Å². The third kappa shape index (κ3) is 3.71. The first-order chi connectivity index (χ1) is 9.20. The molecule has 2 aromatic rings. The van der Waals surface area contributed by atoms with Gasteiger partial charge < -0.3 is 10.1 Å². The zero-order valence-electron chi connectivity index (χ0n) is 10.4. The summed E-state index contributed by atoms with van der Waals surface area (Å²) >= 11 is 1.52. The highest BCUT2D eigenvalue weighted by molar-refractivity contribution is 7.09. The number of aromatic nitrogens is 1. The number of para-hydroxylation sites is 1. The molecule has 0 aliphatic heterocycles. The second-order valence-corrected chi connectivity index (χ2v) is 4.80. The number of nitrogens with zero attached hydrogens (tertiary/aromatic N) is 1. The Balaban J connectivity index is 2.23. The SMILES string of the molecule is CNCCc1nc(-c2ccccc2OC(F)F)cs1. The Morgan fingerprint density at radius 1 is 1.37 bits per heavy atom. The van der Waals surface area contributed by atoms with Crippen LogP contribution in [-0.2, 0) is 6.42 Å². The van der Waals surface area contributed by atoms with Crippen LogP contribution in [0.15, 0.2) is 29.6 Å². The number of hydrogen-bond acceptors (Lipinski definition) is 4. The van der Waals surface area contributed by atoms with Crippen molar-refractivity contribution in [3.63, 3.8) is 0 Å². The van der Waals surface area contributed by atoms with Crippen molar-refractivity contribution in [3.8, 4) is 17.0 Å². The van der Waals surface area contributed by atoms with Crippen molar-refractivity contribution in [2.75, 3.05) is 13.6 Å². The van der Waals surface area contributed by atoms with E-state index in [-0.39, 0.29) is 5.75 Å². The topological polar surface area (TPSA) is 34.2 Å². The van der Waals surface area contributed by atoms with Crippen LogP contribution in [0.5, 0.6) is 5.75 Å². The molecular weight excluding hydrogens is 270 g/mol. The van der Waals surface area contributed by atoms with Crippen LogP contribution in [0, 0.1) is 0 Å². The molecule has 1 heterocycles. The first kappa shape index (κ1) is 13.9. The van der Waals surface area contributed by atoms with E-state index in [4.69, 9.17) is 0 Å². The number of thiazole rings is 1. The zero-order chi connectivity index (χ0) is 13.7. The summed E-state index contributed by atoms with van der Waals surface area (Å²) in [6, 6.07) is 6.69. The van der Waals surface area contributed by atoms with Gasteiger partial charge >= 0.3 is 6.61 Å². The largest absolute Gasteiger partial charge is 0.434 e. The fourth-order valence-corrected chi connectivity index (χ4v) is 2.46. The highest BCUT2D eigenvalue weighted by atomic mass is 32.1. The Bertz CT molecular complexity index is 531. The van der Waals surface area contributed by atoms with E-state index in [0.29, 0.717) is 11.3 Å². The Hall–Kier alpha value is -1.53. The van der Waals surface area contributed by atoms with Gasteiger partial charge in [-0.3, -0.25) is 0 Å². The smallest absolute Gasteiger partial charge is 0.387 e. The number of benzene rings is 1. The van der Waals surface area contributed by atoms with E-state index in [1.165, 1.54) is 17.4 Å². The maximum Gasteiger partial charge on any atom is 0.387 e. The maximum absolute atomic E-state index is 12.3. The Kier molecular flexibility index (Phi) is 4.81. The van der Waals surface area contributed by atoms with Crippen molar-refractivity contribution in [3.05, 3.63) is 34.7 Å². The molecule has 102 valence electrons. The molecule has 0 amide bonds. The molecule has 0 unspecified atom stereocenters. The molecule has 1 aromatic heterocycles. The summed E-state index contributed by atoms with van der Waals surface area (Å²) < 4.78 is 29.2. The lowest BCUT2D eigenvalue weighted by molar-refractivity contribution is -0.0494. The van der Waals surface area contributed by atoms with Gasteiger partial charge in [0.15, 0.2) is 0 Å². The number of rotatable bonds is 6. The summed E-state index contributed by atoms with van der Waals surface area (Å²) in [5, 5.41) is 5.87. The van der Waals surface area contributed by atoms with Crippen LogP contribution in [0.25, 0.3) is 11.3 Å². The third-order valence-electron chi connectivity index (χ3n) is 2.52. The standard InChI is InChI=1S/C13H14F2N2OS/c1-16-7-6-12-17-10(8-19-12)9-4-2-3-5-11(9)18-13(14)15/h2-5,8,13,16H,6-7H2,1H3. The van der Waals surface area contributed by atoms with E-state index < -0.39 is 6.61 Å². The molecule has 19 heavy (non-hydrogen) atoms. The van der Waals surface area contributed by atoms with E-state index in [0.717, 1.165) is 18.0 Å². The molecule has 1 aromatic carbocycles. The molecule has 0 atom stereocenters. The molecule has 0 bridgehead atoms. The lowest BCUT2D eigenvalue weighted by Gasteiger charge is -2.08. The van der Waals surface area contributed by atoms with Gasteiger partial charge in [0.25, 0.3) is 0 Å². The average molecular weight is 284 g/mol. The number of hydrogen-bond donors (Lipinski definition) is 1. The van der Waals surface area contributed by atoms with E-state index in [1.54, 1.807) is 18.2 Å². The summed E-state index contributed by atoms with van der Waals surface area (Å²) in [6.07, 6.45) is 0.818. The van der Waals surface area contributed by atoms with Crippen LogP contribution in [0.2, 0.25) is 0 Å². The van der Waals surface area contributed by atoms with Crippen LogP contribution >= 0.6 is 11.3 Å². The summed E-state index contributed by atoms with van der Waals surface area (Å²) in [5.74, 6) is 0.156. The minimum absolute atomic E-state index is 0.156. The first-order valence-corrected chi connectivity index (χ1v) is 6.72. The van der Waals surface area contributed by atoms with Gasteiger partial charge in [-0.1, -0.05) is 12.1 Å². The molecule has 0 aliphatic carbocycles. The normalized spacial score (nSPS) is 10.9. The van der Waals surface area contributed by atoms with Crippen LogP contribution in [0.1, 0.15) is 5.01 Å². The summed E-state index contributed by atoms with van der Waals surface area (Å²) in [6.45, 7) is -1.99. The molecule has 6 heteroatoms. The lowest BCUT2D eigenvalue weighted by atomic mass is 10.1. The number of ether oxygens (including phenoxy) is 1. The predicted octanol–water partition coefficient (Wildman–Crippen LogP) is 3.17. The van der Waals surface area contributed by atoms with Gasteiger partial charge in [0.05, 0.1) is 10.7 Å². The molecule has 1 N–H and O–H groups in total. The third-order valence-corrected chi connectivity index (χ3v) is 3.43. The van der Waals surface area contributed by atoms with Crippen LogP contribution < -0.4 is 10.1 Å². The van der Waals surface area contributed by atoms with E-state index in [2.05, 4.69) is 15.0 Å².